The quantitative estimate of drug-likeness (QED) is 0.496. The Morgan fingerprint density at radius 3 is 2.50 bits per heavy atom. The van der Waals surface area contributed by atoms with E-state index in [1.54, 1.807) is 0 Å². The van der Waals surface area contributed by atoms with E-state index in [1.807, 2.05) is 0 Å². The highest BCUT2D eigenvalue weighted by molar-refractivity contribution is 5.23. The summed E-state index contributed by atoms with van der Waals surface area (Å²) in [5.74, 6) is 0.963. The number of hydrogen-bond donors (Lipinski definition) is 1. The summed E-state index contributed by atoms with van der Waals surface area (Å²) in [6.45, 7) is 0. The summed E-state index contributed by atoms with van der Waals surface area (Å²) >= 11 is 0. The van der Waals surface area contributed by atoms with Crippen molar-refractivity contribution in [2.24, 2.45) is 5.92 Å². The zero-order chi connectivity index (χ0) is 3.98. The van der Waals surface area contributed by atoms with Crippen LogP contribution in [0.5, 0.6) is 0 Å². The van der Waals surface area contributed by atoms with Gasteiger partial charge < -0.3 is 5.32 Å². The van der Waals surface area contributed by atoms with E-state index in [1.165, 1.54) is 18.5 Å². The molecule has 1 aliphatic carbocycles. The van der Waals surface area contributed by atoms with Crippen molar-refractivity contribution >= 4 is 0 Å². The van der Waals surface area contributed by atoms with E-state index in [0.29, 0.717) is 0 Å². The normalized spacial score (nSPS) is 28.3. The van der Waals surface area contributed by atoms with Crippen LogP contribution in [-0.4, -0.2) is 0 Å². The average Bonchev–Trinajstić information content (AvgIpc) is 2.26. The maximum atomic E-state index is 3.09. The minimum Gasteiger partial charge on any atom is -0.362 e. The maximum absolute atomic E-state index is 3.09. The molecule has 0 amide bonds. The zero-order valence-corrected chi connectivity index (χ0v) is 3.57. The molecule has 1 aliphatic heterocycles. The number of rotatable bonds is 1. The molecule has 0 radical (unpaired) electrons. The number of allylic oxidation sites excluding steroid dienone is 1. The van der Waals surface area contributed by atoms with Gasteiger partial charge in [0, 0.05) is 17.8 Å². The predicted octanol–water partition coefficient (Wildman–Crippen LogP) is 0.841. The van der Waals surface area contributed by atoms with Crippen LogP contribution in [0.1, 0.15) is 12.8 Å². The van der Waals surface area contributed by atoms with Crippen LogP contribution in [-0.2, 0) is 0 Å². The van der Waals surface area contributed by atoms with Crippen LogP contribution >= 0.6 is 0 Å². The molecule has 0 spiro atoms. The molecule has 2 rings (SSSR count). The van der Waals surface area contributed by atoms with Crippen molar-refractivity contribution in [1.82, 2.24) is 5.32 Å². The molecule has 0 bridgehead atoms. The van der Waals surface area contributed by atoms with Crippen molar-refractivity contribution in [2.45, 2.75) is 12.8 Å². The second-order valence-electron chi connectivity index (χ2n) is 2.02. The molecule has 6 heavy (non-hydrogen) atoms. The van der Waals surface area contributed by atoms with Gasteiger partial charge in [-0.2, -0.15) is 0 Å². The van der Waals surface area contributed by atoms with Crippen molar-refractivity contribution in [2.75, 3.05) is 0 Å². The summed E-state index contributed by atoms with van der Waals surface area (Å²) in [6.07, 6.45) is 4.95. The van der Waals surface area contributed by atoms with Gasteiger partial charge in [-0.05, 0) is 12.8 Å². The maximum Gasteiger partial charge on any atom is 0.0341 e. The molecule has 1 nitrogen and oxygen atoms in total. The number of nitrogens with one attached hydrogen (secondary N) is 1. The van der Waals surface area contributed by atoms with Crippen LogP contribution in [0.15, 0.2) is 11.9 Å². The molecule has 1 heteroatoms. The van der Waals surface area contributed by atoms with E-state index in [2.05, 4.69) is 11.5 Å². The molecule has 2 aliphatic rings. The Morgan fingerprint density at radius 2 is 2.33 bits per heavy atom. The Bertz CT molecular complexity index is 101. The third-order valence-electron chi connectivity index (χ3n) is 1.33. The minimum atomic E-state index is 0.963. The lowest BCUT2D eigenvalue weighted by Gasteiger charge is -1.72. The Morgan fingerprint density at radius 1 is 1.67 bits per heavy atom. The highest BCUT2D eigenvalue weighted by Crippen LogP contribution is 2.38. The largest absolute Gasteiger partial charge is 0.362 e. The van der Waals surface area contributed by atoms with Gasteiger partial charge >= 0.3 is 0 Å². The molecule has 0 saturated heterocycles. The molecular formula is C5H7N. The first-order chi connectivity index (χ1) is 2.97. The second-order valence-corrected chi connectivity index (χ2v) is 2.02. The monoisotopic (exact) mass is 81.1 g/mol. The highest BCUT2D eigenvalue weighted by Gasteiger charge is 2.29. The topological polar surface area (TPSA) is 21.9 Å². The fourth-order valence-corrected chi connectivity index (χ4v) is 0.672. The lowest BCUT2D eigenvalue weighted by Crippen LogP contribution is -1.77. The van der Waals surface area contributed by atoms with E-state index in [9.17, 15) is 0 Å². The van der Waals surface area contributed by atoms with Crippen LogP contribution < -0.4 is 5.32 Å². The predicted molar refractivity (Wildman–Crippen MR) is 23.9 cm³/mol. The van der Waals surface area contributed by atoms with Gasteiger partial charge in [-0.25, -0.2) is 0 Å². The molecule has 32 valence electrons. The Kier molecular flexibility index (Phi) is 0.278. The third-order valence-corrected chi connectivity index (χ3v) is 1.33. The second kappa shape index (κ2) is 0.625. The molecular weight excluding hydrogens is 74.1 g/mol. The molecule has 0 atom stereocenters. The first-order valence-electron chi connectivity index (χ1n) is 2.43. The van der Waals surface area contributed by atoms with E-state index in [0.717, 1.165) is 5.92 Å². The minimum absolute atomic E-state index is 0.963. The summed E-state index contributed by atoms with van der Waals surface area (Å²) < 4.78 is 0. The van der Waals surface area contributed by atoms with Crippen molar-refractivity contribution in [3.05, 3.63) is 11.9 Å². The highest BCUT2D eigenvalue weighted by atomic mass is 15.0. The first-order valence-corrected chi connectivity index (χ1v) is 2.43. The van der Waals surface area contributed by atoms with Gasteiger partial charge in [0.2, 0.25) is 0 Å². The van der Waals surface area contributed by atoms with Crippen molar-refractivity contribution in [3.63, 3.8) is 0 Å². The fourth-order valence-electron chi connectivity index (χ4n) is 0.672. The molecule has 1 fully saturated rings. The van der Waals surface area contributed by atoms with E-state index >= 15 is 0 Å². The van der Waals surface area contributed by atoms with Crippen molar-refractivity contribution < 1.29 is 0 Å². The lowest BCUT2D eigenvalue weighted by molar-refractivity contribution is 1.01. The molecule has 0 unspecified atom stereocenters. The van der Waals surface area contributed by atoms with E-state index in [4.69, 9.17) is 0 Å². The van der Waals surface area contributed by atoms with E-state index < -0.39 is 0 Å². The van der Waals surface area contributed by atoms with Crippen LogP contribution in [0, 0.1) is 5.92 Å². The van der Waals surface area contributed by atoms with Gasteiger partial charge in [0.1, 0.15) is 0 Å². The summed E-state index contributed by atoms with van der Waals surface area (Å²) in [5.41, 5.74) is 1.50. The molecule has 1 N–H and O–H groups in total. The molecule has 1 heterocycles. The van der Waals surface area contributed by atoms with Crippen LogP contribution in [0.2, 0.25) is 0 Å². The first kappa shape index (κ1) is 2.67. The smallest absolute Gasteiger partial charge is 0.0341 e. The van der Waals surface area contributed by atoms with Crippen LogP contribution in [0.3, 0.4) is 0 Å². The van der Waals surface area contributed by atoms with Gasteiger partial charge in [-0.15, -0.1) is 0 Å². The Hall–Kier alpha value is -0.460. The molecule has 0 aromatic carbocycles. The Labute approximate surface area is 37.0 Å². The lowest BCUT2D eigenvalue weighted by atomic mass is 10.4. The number of hydrogen-bond acceptors (Lipinski definition) is 1. The third kappa shape index (κ3) is 0.251. The molecule has 0 aromatic rings. The summed E-state index contributed by atoms with van der Waals surface area (Å²) in [6, 6.07) is 0. The van der Waals surface area contributed by atoms with Crippen molar-refractivity contribution in [3.8, 4) is 0 Å². The Balaban J connectivity index is 2.07. The van der Waals surface area contributed by atoms with Gasteiger partial charge in [0.25, 0.3) is 0 Å². The SMILES string of the molecule is C1=C(C2CC2)N1. The fraction of sp³-hybridized carbons (Fsp3) is 0.600. The van der Waals surface area contributed by atoms with Gasteiger partial charge in [0.05, 0.1) is 0 Å². The summed E-state index contributed by atoms with van der Waals surface area (Å²) in [4.78, 5) is 0. The van der Waals surface area contributed by atoms with Crippen LogP contribution in [0.4, 0.5) is 0 Å². The van der Waals surface area contributed by atoms with Gasteiger partial charge in [0.15, 0.2) is 0 Å². The summed E-state index contributed by atoms with van der Waals surface area (Å²) in [7, 11) is 0. The van der Waals surface area contributed by atoms with Gasteiger partial charge in [-0.3, -0.25) is 0 Å². The standard InChI is InChI=1S/C5H7N/c1-2-4(1)5-3-6-5/h3-4,6H,1-2H2. The molecule has 1 saturated carbocycles. The van der Waals surface area contributed by atoms with E-state index in [-0.39, 0.29) is 0 Å². The summed E-state index contributed by atoms with van der Waals surface area (Å²) in [5, 5.41) is 3.09. The molecule has 0 aromatic heterocycles. The van der Waals surface area contributed by atoms with Gasteiger partial charge in [-0.1, -0.05) is 0 Å². The average molecular weight is 81.1 g/mol. The van der Waals surface area contributed by atoms with Crippen LogP contribution in [0.25, 0.3) is 0 Å². The van der Waals surface area contributed by atoms with Crippen molar-refractivity contribution in [1.29, 1.82) is 0 Å². The zero-order valence-electron chi connectivity index (χ0n) is 3.57.